The number of para-hydroxylation sites is 1. The number of amides is 1. The summed E-state index contributed by atoms with van der Waals surface area (Å²) < 4.78 is 1.98. The summed E-state index contributed by atoms with van der Waals surface area (Å²) in [5.41, 5.74) is 3.37. The lowest BCUT2D eigenvalue weighted by Crippen LogP contribution is -2.31. The van der Waals surface area contributed by atoms with Gasteiger partial charge in [-0.05, 0) is 23.6 Å². The van der Waals surface area contributed by atoms with Gasteiger partial charge in [0, 0.05) is 42.5 Å². The van der Waals surface area contributed by atoms with E-state index in [4.69, 9.17) is 0 Å². The van der Waals surface area contributed by atoms with Crippen molar-refractivity contribution in [2.45, 2.75) is 25.4 Å². The molecule has 27 heavy (non-hydrogen) atoms. The van der Waals surface area contributed by atoms with E-state index in [1.807, 2.05) is 59.4 Å². The minimum atomic E-state index is -0.0872. The van der Waals surface area contributed by atoms with Crippen LogP contribution in [0.3, 0.4) is 0 Å². The van der Waals surface area contributed by atoms with E-state index >= 15 is 0 Å². The average Bonchev–Trinajstić information content (AvgIpc) is 3.36. The molecule has 4 rings (SSSR count). The molecule has 1 amide bonds. The second kappa shape index (κ2) is 7.91. The molecular formula is C22H22N4O. The Morgan fingerprint density at radius 3 is 2.74 bits per heavy atom. The number of nitrogens with zero attached hydrogens (tertiary/aromatic N) is 2. The molecule has 0 saturated heterocycles. The quantitative estimate of drug-likeness (QED) is 0.527. The number of carbonyl (C=O) groups is 1. The molecule has 2 N–H and O–H groups in total. The zero-order valence-electron chi connectivity index (χ0n) is 15.0. The van der Waals surface area contributed by atoms with Crippen LogP contribution >= 0.6 is 0 Å². The van der Waals surface area contributed by atoms with E-state index in [2.05, 4.69) is 27.4 Å². The minimum Gasteiger partial charge on any atom is -0.361 e. The summed E-state index contributed by atoms with van der Waals surface area (Å²) in [6.07, 6.45) is 8.60. The van der Waals surface area contributed by atoms with Crippen LogP contribution in [0.2, 0.25) is 0 Å². The number of imidazole rings is 1. The second-order valence-electron chi connectivity index (χ2n) is 6.65. The number of hydrogen-bond donors (Lipinski definition) is 2. The van der Waals surface area contributed by atoms with Crippen molar-refractivity contribution in [3.63, 3.8) is 0 Å². The number of benzene rings is 2. The molecule has 136 valence electrons. The number of fused-ring (bicyclic) bond motifs is 1. The maximum absolute atomic E-state index is 12.6. The summed E-state index contributed by atoms with van der Waals surface area (Å²) in [4.78, 5) is 20.0. The molecule has 0 radical (unpaired) electrons. The van der Waals surface area contributed by atoms with Gasteiger partial charge in [0.2, 0.25) is 5.91 Å². The summed E-state index contributed by atoms with van der Waals surface area (Å²) >= 11 is 0. The highest BCUT2D eigenvalue weighted by Crippen LogP contribution is 2.20. The van der Waals surface area contributed by atoms with Gasteiger partial charge < -0.3 is 14.9 Å². The molecule has 4 aromatic rings. The molecule has 0 bridgehead atoms. The number of H-pyrrole nitrogens is 1. The van der Waals surface area contributed by atoms with E-state index in [0.29, 0.717) is 19.4 Å². The Bertz CT molecular complexity index is 1010. The Hall–Kier alpha value is -3.34. The molecule has 0 fully saturated rings. The average molecular weight is 358 g/mol. The van der Waals surface area contributed by atoms with Gasteiger partial charge in [-0.15, -0.1) is 0 Å². The highest BCUT2D eigenvalue weighted by molar-refractivity contribution is 5.84. The SMILES string of the molecule is O=C(CCc1c[nH]c2ccccc12)NC(Cn1ccnc1)c1ccccc1. The Labute approximate surface area is 158 Å². The molecule has 2 aromatic carbocycles. The van der Waals surface area contributed by atoms with Crippen LogP contribution in [-0.2, 0) is 17.8 Å². The lowest BCUT2D eigenvalue weighted by atomic mass is 10.1. The maximum atomic E-state index is 12.6. The zero-order chi connectivity index (χ0) is 18.5. The van der Waals surface area contributed by atoms with E-state index in [-0.39, 0.29) is 11.9 Å². The van der Waals surface area contributed by atoms with Gasteiger partial charge in [-0.25, -0.2) is 4.98 Å². The molecule has 2 aromatic heterocycles. The van der Waals surface area contributed by atoms with Gasteiger partial charge >= 0.3 is 0 Å². The van der Waals surface area contributed by atoms with Gasteiger partial charge in [0.15, 0.2) is 0 Å². The molecule has 0 spiro atoms. The largest absolute Gasteiger partial charge is 0.361 e. The molecular weight excluding hydrogens is 336 g/mol. The Morgan fingerprint density at radius 1 is 1.11 bits per heavy atom. The van der Waals surface area contributed by atoms with Gasteiger partial charge in [-0.1, -0.05) is 48.5 Å². The normalized spacial score (nSPS) is 12.1. The molecule has 0 aliphatic carbocycles. The highest BCUT2D eigenvalue weighted by atomic mass is 16.1. The lowest BCUT2D eigenvalue weighted by Gasteiger charge is -2.20. The highest BCUT2D eigenvalue weighted by Gasteiger charge is 2.15. The van der Waals surface area contributed by atoms with Crippen molar-refractivity contribution < 1.29 is 4.79 Å². The first kappa shape index (κ1) is 17.1. The summed E-state index contributed by atoms with van der Waals surface area (Å²) in [6.45, 7) is 0.656. The van der Waals surface area contributed by atoms with Crippen LogP contribution in [0.4, 0.5) is 0 Å². The number of aromatic nitrogens is 3. The topological polar surface area (TPSA) is 62.7 Å². The molecule has 2 heterocycles. The molecule has 5 heteroatoms. The van der Waals surface area contributed by atoms with Gasteiger partial charge in [0.25, 0.3) is 0 Å². The predicted octanol–water partition coefficient (Wildman–Crippen LogP) is 3.85. The molecule has 0 aliphatic heterocycles. The van der Waals surface area contributed by atoms with E-state index in [1.54, 1.807) is 12.5 Å². The van der Waals surface area contributed by atoms with Crippen LogP contribution < -0.4 is 5.32 Å². The Morgan fingerprint density at radius 2 is 1.93 bits per heavy atom. The van der Waals surface area contributed by atoms with Crippen LogP contribution in [-0.4, -0.2) is 20.4 Å². The van der Waals surface area contributed by atoms with Crippen molar-refractivity contribution in [1.29, 1.82) is 0 Å². The number of hydrogen-bond acceptors (Lipinski definition) is 2. The van der Waals surface area contributed by atoms with Crippen molar-refractivity contribution in [2.75, 3.05) is 0 Å². The minimum absolute atomic E-state index is 0.0502. The Balaban J connectivity index is 1.43. The number of rotatable bonds is 7. The number of nitrogens with one attached hydrogen (secondary N) is 2. The van der Waals surface area contributed by atoms with E-state index in [0.717, 1.165) is 11.1 Å². The van der Waals surface area contributed by atoms with Crippen molar-refractivity contribution in [2.24, 2.45) is 0 Å². The van der Waals surface area contributed by atoms with Gasteiger partial charge in [0.1, 0.15) is 0 Å². The standard InChI is InChI=1S/C22H22N4O/c27-22(11-10-18-14-24-20-9-5-4-8-19(18)20)25-21(15-26-13-12-23-16-26)17-6-2-1-3-7-17/h1-9,12-14,16,21,24H,10-11,15H2,(H,25,27). The van der Waals surface area contributed by atoms with Crippen molar-refractivity contribution in [3.05, 3.63) is 90.6 Å². The van der Waals surface area contributed by atoms with Crippen LogP contribution in [0.25, 0.3) is 10.9 Å². The monoisotopic (exact) mass is 358 g/mol. The Kier molecular flexibility index (Phi) is 5.01. The third kappa shape index (κ3) is 4.08. The third-order valence-corrected chi connectivity index (χ3v) is 4.79. The molecule has 1 unspecified atom stereocenters. The van der Waals surface area contributed by atoms with Crippen LogP contribution in [0, 0.1) is 0 Å². The zero-order valence-corrected chi connectivity index (χ0v) is 15.0. The van der Waals surface area contributed by atoms with E-state index in [1.165, 1.54) is 10.9 Å². The first-order valence-corrected chi connectivity index (χ1v) is 9.14. The van der Waals surface area contributed by atoms with Crippen molar-refractivity contribution in [1.82, 2.24) is 19.9 Å². The lowest BCUT2D eigenvalue weighted by molar-refractivity contribution is -0.121. The summed E-state index contributed by atoms with van der Waals surface area (Å²) in [6, 6.07) is 18.1. The summed E-state index contributed by atoms with van der Waals surface area (Å²) in [5.74, 6) is 0.0502. The number of aryl methyl sites for hydroxylation is 1. The molecule has 0 aliphatic rings. The number of carbonyl (C=O) groups excluding carboxylic acids is 1. The molecule has 5 nitrogen and oxygen atoms in total. The van der Waals surface area contributed by atoms with Gasteiger partial charge in [-0.3, -0.25) is 4.79 Å². The first-order valence-electron chi connectivity index (χ1n) is 9.14. The number of aromatic amines is 1. The van der Waals surface area contributed by atoms with Crippen molar-refractivity contribution >= 4 is 16.8 Å². The van der Waals surface area contributed by atoms with Crippen LogP contribution in [0.5, 0.6) is 0 Å². The molecule has 0 saturated carbocycles. The fourth-order valence-electron chi connectivity index (χ4n) is 3.38. The second-order valence-corrected chi connectivity index (χ2v) is 6.65. The summed E-state index contributed by atoms with van der Waals surface area (Å²) in [5, 5.41) is 4.37. The van der Waals surface area contributed by atoms with Crippen LogP contribution in [0.15, 0.2) is 79.5 Å². The van der Waals surface area contributed by atoms with E-state index in [9.17, 15) is 4.79 Å². The fraction of sp³-hybridized carbons (Fsp3) is 0.182. The van der Waals surface area contributed by atoms with Crippen LogP contribution in [0.1, 0.15) is 23.6 Å². The predicted molar refractivity (Wildman–Crippen MR) is 106 cm³/mol. The van der Waals surface area contributed by atoms with E-state index < -0.39 is 0 Å². The molecule has 1 atom stereocenters. The first-order chi connectivity index (χ1) is 13.3. The fourth-order valence-corrected chi connectivity index (χ4v) is 3.38. The van der Waals surface area contributed by atoms with Gasteiger partial charge in [0.05, 0.1) is 12.4 Å². The summed E-state index contributed by atoms with van der Waals surface area (Å²) in [7, 11) is 0. The van der Waals surface area contributed by atoms with Gasteiger partial charge in [-0.2, -0.15) is 0 Å². The maximum Gasteiger partial charge on any atom is 0.220 e. The van der Waals surface area contributed by atoms with Crippen molar-refractivity contribution in [3.8, 4) is 0 Å². The third-order valence-electron chi connectivity index (χ3n) is 4.79. The smallest absolute Gasteiger partial charge is 0.220 e.